The summed E-state index contributed by atoms with van der Waals surface area (Å²) in [5.41, 5.74) is 6.74. The lowest BCUT2D eigenvalue weighted by atomic mass is 9.98. The monoisotopic (exact) mass is 277 g/mol. The smallest absolute Gasteiger partial charge is 0.272 e. The number of hydrogen-bond donors (Lipinski definition) is 1. The predicted molar refractivity (Wildman–Crippen MR) is 79.7 cm³/mol. The van der Waals surface area contributed by atoms with E-state index in [0.717, 1.165) is 31.5 Å². The fourth-order valence-electron chi connectivity index (χ4n) is 3.04. The number of para-hydroxylation sites is 1. The van der Waals surface area contributed by atoms with E-state index in [0.29, 0.717) is 12.6 Å². The Morgan fingerprint density at radius 1 is 1.35 bits per heavy atom. The van der Waals surface area contributed by atoms with Crippen LogP contribution >= 0.6 is 0 Å². The number of nitro benzene ring substituents is 1. The summed E-state index contributed by atoms with van der Waals surface area (Å²) in [5, 5.41) is 11.0. The molecule has 0 bridgehead atoms. The normalized spacial score (nSPS) is 19.9. The van der Waals surface area contributed by atoms with E-state index in [1.807, 2.05) is 12.1 Å². The maximum absolute atomic E-state index is 11.0. The molecule has 5 heteroatoms. The summed E-state index contributed by atoms with van der Waals surface area (Å²) in [4.78, 5) is 13.2. The highest BCUT2D eigenvalue weighted by Gasteiger charge is 2.22. The molecule has 1 unspecified atom stereocenters. The van der Waals surface area contributed by atoms with Crippen molar-refractivity contribution < 1.29 is 4.92 Å². The number of rotatable bonds is 6. The van der Waals surface area contributed by atoms with Gasteiger partial charge in [0.2, 0.25) is 0 Å². The van der Waals surface area contributed by atoms with Crippen molar-refractivity contribution in [2.45, 2.75) is 38.1 Å². The summed E-state index contributed by atoms with van der Waals surface area (Å²) in [6.07, 6.45) is 5.45. The summed E-state index contributed by atoms with van der Waals surface area (Å²) in [5.74, 6) is 0. The Labute approximate surface area is 119 Å². The zero-order valence-corrected chi connectivity index (χ0v) is 11.8. The van der Waals surface area contributed by atoms with Gasteiger partial charge >= 0.3 is 0 Å². The molecule has 0 saturated carbocycles. The van der Waals surface area contributed by atoms with Gasteiger partial charge in [0.05, 0.1) is 4.92 Å². The second-order valence-corrected chi connectivity index (χ2v) is 5.40. The van der Waals surface area contributed by atoms with Crippen molar-refractivity contribution in [2.75, 3.05) is 19.6 Å². The molecule has 0 radical (unpaired) electrons. The van der Waals surface area contributed by atoms with Crippen molar-refractivity contribution in [1.29, 1.82) is 0 Å². The third-order valence-electron chi connectivity index (χ3n) is 4.11. The fourth-order valence-corrected chi connectivity index (χ4v) is 3.04. The van der Waals surface area contributed by atoms with Gasteiger partial charge in [-0.05, 0) is 38.8 Å². The van der Waals surface area contributed by atoms with Crippen LogP contribution in [0.2, 0.25) is 0 Å². The van der Waals surface area contributed by atoms with E-state index in [9.17, 15) is 10.1 Å². The molecule has 110 valence electrons. The fraction of sp³-hybridized carbons (Fsp3) is 0.600. The van der Waals surface area contributed by atoms with Crippen LogP contribution in [-0.4, -0.2) is 35.5 Å². The van der Waals surface area contributed by atoms with Gasteiger partial charge in [0, 0.05) is 24.2 Å². The van der Waals surface area contributed by atoms with Crippen LogP contribution in [0.15, 0.2) is 24.3 Å². The van der Waals surface area contributed by atoms with Crippen molar-refractivity contribution in [3.63, 3.8) is 0 Å². The van der Waals surface area contributed by atoms with Crippen LogP contribution < -0.4 is 5.73 Å². The van der Waals surface area contributed by atoms with Gasteiger partial charge in [-0.25, -0.2) is 0 Å². The summed E-state index contributed by atoms with van der Waals surface area (Å²) < 4.78 is 0. The van der Waals surface area contributed by atoms with Crippen molar-refractivity contribution in [1.82, 2.24) is 4.90 Å². The molecule has 2 N–H and O–H groups in total. The molecule has 0 aliphatic carbocycles. The third-order valence-corrected chi connectivity index (χ3v) is 4.11. The molecule has 1 fully saturated rings. The van der Waals surface area contributed by atoms with Crippen LogP contribution in [0.4, 0.5) is 5.69 Å². The van der Waals surface area contributed by atoms with Gasteiger partial charge in [-0.15, -0.1) is 0 Å². The first kappa shape index (κ1) is 14.9. The van der Waals surface area contributed by atoms with E-state index in [2.05, 4.69) is 4.90 Å². The number of nitrogens with zero attached hydrogens (tertiary/aromatic N) is 2. The summed E-state index contributed by atoms with van der Waals surface area (Å²) >= 11 is 0. The van der Waals surface area contributed by atoms with Crippen LogP contribution in [0.1, 0.15) is 31.2 Å². The zero-order chi connectivity index (χ0) is 14.4. The lowest BCUT2D eigenvalue weighted by Gasteiger charge is -2.35. The number of piperidine rings is 1. The van der Waals surface area contributed by atoms with E-state index in [-0.39, 0.29) is 10.6 Å². The first-order valence-electron chi connectivity index (χ1n) is 7.39. The first-order valence-corrected chi connectivity index (χ1v) is 7.39. The predicted octanol–water partition coefficient (Wildman–Crippen LogP) is 2.34. The second-order valence-electron chi connectivity index (χ2n) is 5.40. The number of likely N-dealkylation sites (tertiary alicyclic amines) is 1. The number of nitro groups is 1. The summed E-state index contributed by atoms with van der Waals surface area (Å²) in [6.45, 7) is 2.69. The van der Waals surface area contributed by atoms with E-state index < -0.39 is 0 Å². The van der Waals surface area contributed by atoms with Crippen molar-refractivity contribution in [3.05, 3.63) is 39.9 Å². The molecule has 1 atom stereocenters. The average Bonchev–Trinajstić information content (AvgIpc) is 2.47. The Bertz CT molecular complexity index is 448. The molecule has 1 aromatic rings. The van der Waals surface area contributed by atoms with Crippen LogP contribution in [0.3, 0.4) is 0 Å². The minimum atomic E-state index is -0.289. The third kappa shape index (κ3) is 3.77. The molecule has 1 aliphatic heterocycles. The largest absolute Gasteiger partial charge is 0.330 e. The molecule has 1 aliphatic rings. The van der Waals surface area contributed by atoms with E-state index in [1.165, 1.54) is 19.3 Å². The van der Waals surface area contributed by atoms with Gasteiger partial charge in [0.25, 0.3) is 5.69 Å². The molecular formula is C15H23N3O2. The van der Waals surface area contributed by atoms with Crippen LogP contribution in [0.5, 0.6) is 0 Å². The Kier molecular flexibility index (Phi) is 5.49. The molecule has 2 rings (SSSR count). The quantitative estimate of drug-likeness (QED) is 0.640. The van der Waals surface area contributed by atoms with Gasteiger partial charge in [0.15, 0.2) is 0 Å². The highest BCUT2D eigenvalue weighted by Crippen LogP contribution is 2.22. The lowest BCUT2D eigenvalue weighted by Crippen LogP contribution is -2.41. The van der Waals surface area contributed by atoms with Crippen molar-refractivity contribution in [2.24, 2.45) is 5.73 Å². The summed E-state index contributed by atoms with van der Waals surface area (Å²) in [6, 6.07) is 7.59. The lowest BCUT2D eigenvalue weighted by molar-refractivity contribution is -0.385. The zero-order valence-electron chi connectivity index (χ0n) is 11.8. The highest BCUT2D eigenvalue weighted by atomic mass is 16.6. The van der Waals surface area contributed by atoms with Gasteiger partial charge in [-0.3, -0.25) is 10.1 Å². The number of hydrogen-bond acceptors (Lipinski definition) is 4. The second kappa shape index (κ2) is 7.36. The van der Waals surface area contributed by atoms with Crippen molar-refractivity contribution >= 4 is 5.69 Å². The Morgan fingerprint density at radius 2 is 2.15 bits per heavy atom. The number of nitrogens with two attached hydrogens (primary N) is 1. The van der Waals surface area contributed by atoms with Crippen LogP contribution in [0.25, 0.3) is 0 Å². The first-order chi connectivity index (χ1) is 9.72. The van der Waals surface area contributed by atoms with E-state index >= 15 is 0 Å². The Hall–Kier alpha value is -1.46. The molecule has 0 aromatic heterocycles. The average molecular weight is 277 g/mol. The number of benzene rings is 1. The SMILES string of the molecule is NCCC1CCCCN1CCc1ccccc1[N+](=O)[O-]. The van der Waals surface area contributed by atoms with Gasteiger partial charge < -0.3 is 10.6 Å². The van der Waals surface area contributed by atoms with Gasteiger partial charge in [-0.1, -0.05) is 24.6 Å². The van der Waals surface area contributed by atoms with E-state index in [4.69, 9.17) is 5.73 Å². The molecule has 5 nitrogen and oxygen atoms in total. The highest BCUT2D eigenvalue weighted by molar-refractivity contribution is 5.39. The molecular weight excluding hydrogens is 254 g/mol. The molecule has 20 heavy (non-hydrogen) atoms. The van der Waals surface area contributed by atoms with Crippen molar-refractivity contribution in [3.8, 4) is 0 Å². The van der Waals surface area contributed by atoms with Crippen LogP contribution in [0, 0.1) is 10.1 Å². The molecule has 0 spiro atoms. The van der Waals surface area contributed by atoms with E-state index in [1.54, 1.807) is 12.1 Å². The summed E-state index contributed by atoms with van der Waals surface area (Å²) in [7, 11) is 0. The topological polar surface area (TPSA) is 72.4 Å². The Balaban J connectivity index is 1.98. The maximum Gasteiger partial charge on any atom is 0.272 e. The standard InChI is InChI=1S/C15H23N3O2/c16-10-8-14-6-3-4-11-17(14)12-9-13-5-1-2-7-15(13)18(19)20/h1-2,5,7,14H,3-4,6,8-12,16H2. The minimum Gasteiger partial charge on any atom is -0.330 e. The Morgan fingerprint density at radius 3 is 2.90 bits per heavy atom. The molecule has 1 aromatic carbocycles. The van der Waals surface area contributed by atoms with Crippen LogP contribution in [-0.2, 0) is 6.42 Å². The molecule has 1 saturated heterocycles. The molecule has 1 heterocycles. The minimum absolute atomic E-state index is 0.236. The van der Waals surface area contributed by atoms with Gasteiger partial charge in [-0.2, -0.15) is 0 Å². The molecule has 0 amide bonds. The maximum atomic E-state index is 11.0. The van der Waals surface area contributed by atoms with Gasteiger partial charge in [0.1, 0.15) is 0 Å².